The second-order valence-electron chi connectivity index (χ2n) is 6.76. The van der Waals surface area contributed by atoms with Crippen LogP contribution in [0.1, 0.15) is 35.9 Å². The number of fused-ring (bicyclic) bond motifs is 1. The fourth-order valence-corrected chi connectivity index (χ4v) is 3.40. The molecule has 0 unspecified atom stereocenters. The summed E-state index contributed by atoms with van der Waals surface area (Å²) in [7, 11) is 0. The van der Waals surface area contributed by atoms with Crippen LogP contribution in [0.25, 0.3) is 22.8 Å². The van der Waals surface area contributed by atoms with Crippen LogP contribution in [-0.4, -0.2) is 9.97 Å². The molecule has 0 N–H and O–H groups in total. The summed E-state index contributed by atoms with van der Waals surface area (Å²) in [6.45, 7) is 2.01. The zero-order chi connectivity index (χ0) is 19.8. The third kappa shape index (κ3) is 3.30. The zero-order valence-electron chi connectivity index (χ0n) is 15.1. The van der Waals surface area contributed by atoms with Crippen molar-refractivity contribution in [2.24, 2.45) is 0 Å². The molecule has 0 fully saturated rings. The first-order chi connectivity index (χ1) is 13.5. The highest BCUT2D eigenvalue weighted by Crippen LogP contribution is 2.36. The van der Waals surface area contributed by atoms with Gasteiger partial charge in [0.2, 0.25) is 0 Å². The Morgan fingerprint density at radius 2 is 1.46 bits per heavy atom. The van der Waals surface area contributed by atoms with Crippen LogP contribution in [0.3, 0.4) is 0 Å². The van der Waals surface area contributed by atoms with Crippen LogP contribution in [0, 0.1) is 23.3 Å². The molecule has 1 aliphatic carbocycles. The predicted molar refractivity (Wildman–Crippen MR) is 99.3 cm³/mol. The van der Waals surface area contributed by atoms with Crippen molar-refractivity contribution in [3.63, 3.8) is 0 Å². The number of aryl methyl sites for hydroxylation is 1. The number of rotatable bonds is 4. The van der Waals surface area contributed by atoms with E-state index in [1.165, 1.54) is 18.2 Å². The average molecular weight is 384 g/mol. The molecule has 0 radical (unpaired) electrons. The molecule has 0 bridgehead atoms. The number of hydrogen-bond acceptors (Lipinski definition) is 2. The smallest absolute Gasteiger partial charge is 0.159 e. The van der Waals surface area contributed by atoms with Crippen LogP contribution >= 0.6 is 0 Å². The Morgan fingerprint density at radius 1 is 0.821 bits per heavy atom. The molecule has 0 saturated heterocycles. The molecule has 2 nitrogen and oxygen atoms in total. The Hall–Kier alpha value is -3.02. The van der Waals surface area contributed by atoms with Crippen LogP contribution in [0.2, 0.25) is 0 Å². The minimum atomic E-state index is -0.987. The number of allylic oxidation sites excluding steroid dienone is 1. The first-order valence-corrected chi connectivity index (χ1v) is 8.95. The number of nitrogens with zero attached hydrogens (tertiary/aromatic N) is 2. The van der Waals surface area contributed by atoms with Gasteiger partial charge in [0.25, 0.3) is 0 Å². The fourth-order valence-electron chi connectivity index (χ4n) is 3.40. The lowest BCUT2D eigenvalue weighted by molar-refractivity contribution is 0.507. The summed E-state index contributed by atoms with van der Waals surface area (Å²) in [5.74, 6) is -2.77. The van der Waals surface area contributed by atoms with E-state index < -0.39 is 23.3 Å². The van der Waals surface area contributed by atoms with Crippen molar-refractivity contribution in [3.8, 4) is 11.1 Å². The quantitative estimate of drug-likeness (QED) is 0.536. The van der Waals surface area contributed by atoms with Gasteiger partial charge in [-0.2, -0.15) is 0 Å². The highest BCUT2D eigenvalue weighted by atomic mass is 19.2. The summed E-state index contributed by atoms with van der Waals surface area (Å²) in [5, 5.41) is 0. The number of aromatic nitrogens is 2. The Balaban J connectivity index is 1.68. The topological polar surface area (TPSA) is 25.8 Å². The minimum absolute atomic E-state index is 0.133. The summed E-state index contributed by atoms with van der Waals surface area (Å²) in [4.78, 5) is 8.42. The Kier molecular flexibility index (Phi) is 4.71. The maximum atomic E-state index is 14.8. The van der Waals surface area contributed by atoms with Gasteiger partial charge in [0.05, 0.1) is 0 Å². The summed E-state index contributed by atoms with van der Waals surface area (Å²) >= 11 is 0. The van der Waals surface area contributed by atoms with Crippen molar-refractivity contribution in [2.75, 3.05) is 0 Å². The van der Waals surface area contributed by atoms with Crippen LogP contribution in [0.4, 0.5) is 17.6 Å². The molecule has 3 aromatic rings. The second-order valence-corrected chi connectivity index (χ2v) is 6.76. The van der Waals surface area contributed by atoms with Gasteiger partial charge < -0.3 is 0 Å². The van der Waals surface area contributed by atoms with Gasteiger partial charge in [0.1, 0.15) is 17.5 Å². The van der Waals surface area contributed by atoms with E-state index in [9.17, 15) is 17.6 Å². The van der Waals surface area contributed by atoms with E-state index in [2.05, 4.69) is 9.97 Å². The van der Waals surface area contributed by atoms with Gasteiger partial charge in [0, 0.05) is 29.9 Å². The van der Waals surface area contributed by atoms with Gasteiger partial charge in [-0.3, -0.25) is 0 Å². The third-order valence-electron chi connectivity index (χ3n) is 4.77. The molecule has 0 aliphatic heterocycles. The van der Waals surface area contributed by atoms with Crippen molar-refractivity contribution in [1.82, 2.24) is 9.97 Å². The van der Waals surface area contributed by atoms with Gasteiger partial charge in [0.15, 0.2) is 11.6 Å². The largest absolute Gasteiger partial charge is 0.241 e. The highest BCUT2D eigenvalue weighted by molar-refractivity contribution is 5.89. The van der Waals surface area contributed by atoms with Crippen LogP contribution in [0.15, 0.2) is 36.7 Å². The lowest BCUT2D eigenvalue weighted by atomic mass is 9.98. The lowest BCUT2D eigenvalue weighted by Gasteiger charge is -2.10. The third-order valence-corrected chi connectivity index (χ3v) is 4.77. The summed E-state index contributed by atoms with van der Waals surface area (Å²) in [6.07, 6.45) is 6.35. The molecule has 1 aliphatic rings. The molecule has 28 heavy (non-hydrogen) atoms. The van der Waals surface area contributed by atoms with Crippen molar-refractivity contribution in [1.29, 1.82) is 0 Å². The molecule has 0 saturated carbocycles. The predicted octanol–water partition coefficient (Wildman–Crippen LogP) is 5.75. The molecule has 2 aromatic carbocycles. The molecule has 0 spiro atoms. The molecule has 0 amide bonds. The van der Waals surface area contributed by atoms with Crippen molar-refractivity contribution < 1.29 is 17.6 Å². The fraction of sp³-hybridized carbons (Fsp3) is 0.182. The molecule has 142 valence electrons. The van der Waals surface area contributed by atoms with E-state index >= 15 is 0 Å². The lowest BCUT2D eigenvalue weighted by Crippen LogP contribution is -1.98. The minimum Gasteiger partial charge on any atom is -0.241 e. The van der Waals surface area contributed by atoms with E-state index in [0.29, 0.717) is 33.7 Å². The first kappa shape index (κ1) is 18.3. The standard InChI is InChI=1S/C22H16F4N2/c1-2-3-21-27-10-16(11-28-21)14-8-19(25)22(20(26)9-14)15-4-12-6-17(23)18(24)7-13(12)5-15/h4,6-11H,2-3,5H2,1H3. The van der Waals surface area contributed by atoms with Gasteiger partial charge in [-0.25, -0.2) is 27.5 Å². The maximum Gasteiger partial charge on any atom is 0.159 e. The normalized spacial score (nSPS) is 12.8. The zero-order valence-corrected chi connectivity index (χ0v) is 15.1. The molecule has 4 rings (SSSR count). The molecular weight excluding hydrogens is 368 g/mol. The van der Waals surface area contributed by atoms with E-state index in [-0.39, 0.29) is 12.0 Å². The van der Waals surface area contributed by atoms with Crippen molar-refractivity contribution in [3.05, 3.63) is 82.4 Å². The summed E-state index contributed by atoms with van der Waals surface area (Å²) < 4.78 is 56.4. The molecule has 6 heteroatoms. The molecular formula is C22H16F4N2. The van der Waals surface area contributed by atoms with Crippen LogP contribution < -0.4 is 0 Å². The molecule has 1 heterocycles. The van der Waals surface area contributed by atoms with Crippen molar-refractivity contribution >= 4 is 11.6 Å². The maximum absolute atomic E-state index is 14.8. The van der Waals surface area contributed by atoms with Crippen LogP contribution in [-0.2, 0) is 12.8 Å². The van der Waals surface area contributed by atoms with Gasteiger partial charge in [-0.15, -0.1) is 0 Å². The SMILES string of the molecule is CCCc1ncc(-c2cc(F)c(C3=Cc4cc(F)c(F)cc4C3)c(F)c2)cn1. The number of hydrogen-bond donors (Lipinski definition) is 0. The second kappa shape index (κ2) is 7.19. The van der Waals surface area contributed by atoms with E-state index in [4.69, 9.17) is 0 Å². The first-order valence-electron chi connectivity index (χ1n) is 8.95. The van der Waals surface area contributed by atoms with Gasteiger partial charge in [-0.1, -0.05) is 13.0 Å². The Labute approximate surface area is 159 Å². The number of halogens is 4. The van der Waals surface area contributed by atoms with Crippen molar-refractivity contribution in [2.45, 2.75) is 26.2 Å². The van der Waals surface area contributed by atoms with E-state index in [0.717, 1.165) is 25.0 Å². The Bertz CT molecular complexity index is 1070. The van der Waals surface area contributed by atoms with E-state index in [1.54, 1.807) is 12.4 Å². The Morgan fingerprint density at radius 3 is 2.11 bits per heavy atom. The van der Waals surface area contributed by atoms with Gasteiger partial charge >= 0.3 is 0 Å². The average Bonchev–Trinajstić information content (AvgIpc) is 3.04. The van der Waals surface area contributed by atoms with E-state index in [1.807, 2.05) is 6.92 Å². The molecule has 1 aromatic heterocycles. The number of benzene rings is 2. The summed E-state index contributed by atoms with van der Waals surface area (Å²) in [6, 6.07) is 4.55. The van der Waals surface area contributed by atoms with Crippen LogP contribution in [0.5, 0.6) is 0 Å². The summed E-state index contributed by atoms with van der Waals surface area (Å²) in [5.41, 5.74) is 1.92. The van der Waals surface area contributed by atoms with Gasteiger partial charge in [-0.05, 0) is 59.4 Å². The highest BCUT2D eigenvalue weighted by Gasteiger charge is 2.23. The monoisotopic (exact) mass is 384 g/mol. The molecule has 0 atom stereocenters.